The molecule has 1 unspecified atom stereocenters. The number of nitrogens with zero attached hydrogens (tertiary/aromatic N) is 3. The fourth-order valence-electron chi connectivity index (χ4n) is 4.23. The zero-order valence-electron chi connectivity index (χ0n) is 17.8. The molecule has 2 amide bonds. The summed E-state index contributed by atoms with van der Waals surface area (Å²) in [5.41, 5.74) is 0.983. The first kappa shape index (κ1) is 20.4. The normalized spacial score (nSPS) is 19.4. The van der Waals surface area contributed by atoms with Gasteiger partial charge in [0.2, 0.25) is 5.91 Å². The lowest BCUT2D eigenvalue weighted by Gasteiger charge is -2.31. The number of carbonyl (C=O) groups excluding carboxylic acids is 2. The van der Waals surface area contributed by atoms with Crippen LogP contribution in [-0.2, 0) is 4.79 Å². The van der Waals surface area contributed by atoms with Gasteiger partial charge in [0.15, 0.2) is 0 Å². The van der Waals surface area contributed by atoms with Crippen LogP contribution in [-0.4, -0.2) is 45.2 Å². The first-order valence-electron chi connectivity index (χ1n) is 10.0. The van der Waals surface area contributed by atoms with E-state index >= 15 is 0 Å². The Balaban J connectivity index is 1.72. The average molecular weight is 385 g/mol. The molecule has 3 rings (SSSR count). The number of imidazole rings is 1. The van der Waals surface area contributed by atoms with Crippen molar-refractivity contribution < 1.29 is 9.59 Å². The predicted molar refractivity (Wildman–Crippen MR) is 110 cm³/mol. The molecule has 0 spiro atoms. The lowest BCUT2D eigenvalue weighted by Crippen LogP contribution is -2.49. The molecule has 2 aromatic rings. The molecule has 2 aromatic heterocycles. The van der Waals surface area contributed by atoms with Crippen LogP contribution >= 0.6 is 0 Å². The minimum atomic E-state index is -0.422. The fraction of sp³-hybridized carbons (Fsp3) is 0.591. The zero-order chi connectivity index (χ0) is 20.7. The molecule has 0 saturated carbocycles. The SMILES string of the molecule is CC(C)CC(C)(C)C(=O)NC1CN(C(=O)c2ccc3cncn3c2)CC1(C)C. The van der Waals surface area contributed by atoms with Crippen molar-refractivity contribution in [3.63, 3.8) is 0 Å². The molecule has 6 nitrogen and oxygen atoms in total. The van der Waals surface area contributed by atoms with E-state index in [2.05, 4.69) is 38.0 Å². The first-order chi connectivity index (χ1) is 13.0. The average Bonchev–Trinajstić information content (AvgIpc) is 3.16. The molecule has 1 aliphatic heterocycles. The van der Waals surface area contributed by atoms with Gasteiger partial charge in [0.1, 0.15) is 0 Å². The van der Waals surface area contributed by atoms with Crippen molar-refractivity contribution in [2.75, 3.05) is 13.1 Å². The molecule has 0 aromatic carbocycles. The third kappa shape index (κ3) is 4.05. The number of nitrogens with one attached hydrogen (secondary N) is 1. The molecule has 1 atom stereocenters. The number of pyridine rings is 1. The lowest BCUT2D eigenvalue weighted by atomic mass is 9.81. The number of likely N-dealkylation sites (tertiary alicyclic amines) is 1. The van der Waals surface area contributed by atoms with Crippen LogP contribution < -0.4 is 5.32 Å². The summed E-state index contributed by atoms with van der Waals surface area (Å²) in [4.78, 5) is 31.9. The molecule has 3 heterocycles. The Morgan fingerprint density at radius 3 is 2.71 bits per heavy atom. The van der Waals surface area contributed by atoms with E-state index < -0.39 is 5.41 Å². The van der Waals surface area contributed by atoms with Crippen LogP contribution in [0.15, 0.2) is 30.9 Å². The quantitative estimate of drug-likeness (QED) is 0.859. The second kappa shape index (κ2) is 7.22. The molecular weight excluding hydrogens is 352 g/mol. The minimum Gasteiger partial charge on any atom is -0.351 e. The summed E-state index contributed by atoms with van der Waals surface area (Å²) in [7, 11) is 0. The van der Waals surface area contributed by atoms with Crippen LogP contribution in [0.4, 0.5) is 0 Å². The highest BCUT2D eigenvalue weighted by molar-refractivity contribution is 5.94. The van der Waals surface area contributed by atoms with Crippen molar-refractivity contribution in [1.29, 1.82) is 0 Å². The maximum atomic E-state index is 13.1. The molecule has 0 bridgehead atoms. The summed E-state index contributed by atoms with van der Waals surface area (Å²) in [6.07, 6.45) is 6.10. The zero-order valence-corrected chi connectivity index (χ0v) is 17.8. The molecule has 28 heavy (non-hydrogen) atoms. The van der Waals surface area contributed by atoms with Gasteiger partial charge >= 0.3 is 0 Å². The van der Waals surface area contributed by atoms with Crippen molar-refractivity contribution in [3.8, 4) is 0 Å². The highest BCUT2D eigenvalue weighted by Gasteiger charge is 2.43. The van der Waals surface area contributed by atoms with E-state index in [9.17, 15) is 9.59 Å². The lowest BCUT2D eigenvalue weighted by molar-refractivity contribution is -0.131. The second-order valence-electron chi connectivity index (χ2n) is 9.83. The van der Waals surface area contributed by atoms with Crippen LogP contribution in [0.25, 0.3) is 5.52 Å². The van der Waals surface area contributed by atoms with Crippen molar-refractivity contribution in [3.05, 3.63) is 36.4 Å². The van der Waals surface area contributed by atoms with E-state index in [1.165, 1.54) is 0 Å². The summed E-state index contributed by atoms with van der Waals surface area (Å²) in [6.45, 7) is 13.6. The molecule has 1 N–H and O–H groups in total. The summed E-state index contributed by atoms with van der Waals surface area (Å²) < 4.78 is 1.85. The van der Waals surface area contributed by atoms with Crippen molar-refractivity contribution in [2.24, 2.45) is 16.7 Å². The van der Waals surface area contributed by atoms with Gasteiger partial charge < -0.3 is 14.6 Å². The van der Waals surface area contributed by atoms with Crippen molar-refractivity contribution >= 4 is 17.3 Å². The Kier molecular flexibility index (Phi) is 5.26. The minimum absolute atomic E-state index is 0.0122. The van der Waals surface area contributed by atoms with Crippen molar-refractivity contribution in [1.82, 2.24) is 19.6 Å². The number of carbonyl (C=O) groups is 2. The third-order valence-corrected chi connectivity index (χ3v) is 5.73. The summed E-state index contributed by atoms with van der Waals surface area (Å²) in [6, 6.07) is 3.67. The summed E-state index contributed by atoms with van der Waals surface area (Å²) >= 11 is 0. The largest absolute Gasteiger partial charge is 0.351 e. The van der Waals surface area contributed by atoms with Gasteiger partial charge in [-0.25, -0.2) is 4.98 Å². The molecule has 1 fully saturated rings. The van der Waals surface area contributed by atoms with Crippen LogP contribution in [0.3, 0.4) is 0 Å². The highest BCUT2D eigenvalue weighted by atomic mass is 16.2. The van der Waals surface area contributed by atoms with E-state index in [-0.39, 0.29) is 23.3 Å². The Hall–Kier alpha value is -2.37. The van der Waals surface area contributed by atoms with E-state index in [1.54, 1.807) is 12.5 Å². The number of rotatable bonds is 5. The van der Waals surface area contributed by atoms with Crippen LogP contribution in [0.1, 0.15) is 58.3 Å². The molecule has 0 aliphatic carbocycles. The maximum absolute atomic E-state index is 13.1. The van der Waals surface area contributed by atoms with Gasteiger partial charge in [-0.15, -0.1) is 0 Å². The molecule has 1 aliphatic rings. The van der Waals surface area contributed by atoms with Gasteiger partial charge in [0, 0.05) is 30.1 Å². The summed E-state index contributed by atoms with van der Waals surface area (Å²) in [5, 5.41) is 3.23. The van der Waals surface area contributed by atoms with E-state index in [1.807, 2.05) is 41.5 Å². The Morgan fingerprint density at radius 2 is 2.04 bits per heavy atom. The van der Waals surface area contributed by atoms with Crippen LogP contribution in [0, 0.1) is 16.7 Å². The Labute approximate surface area is 167 Å². The molecule has 1 saturated heterocycles. The number of hydrogen-bond acceptors (Lipinski definition) is 3. The van der Waals surface area contributed by atoms with Gasteiger partial charge in [-0.2, -0.15) is 0 Å². The van der Waals surface area contributed by atoms with Crippen LogP contribution in [0.2, 0.25) is 0 Å². The first-order valence-corrected chi connectivity index (χ1v) is 10.0. The molecule has 6 heteroatoms. The van der Waals surface area contributed by atoms with E-state index in [0.717, 1.165) is 11.9 Å². The smallest absolute Gasteiger partial charge is 0.255 e. The maximum Gasteiger partial charge on any atom is 0.255 e. The van der Waals surface area contributed by atoms with Crippen LogP contribution in [0.5, 0.6) is 0 Å². The Bertz CT molecular complexity index is 882. The molecule has 152 valence electrons. The number of aromatic nitrogens is 2. The summed E-state index contributed by atoms with van der Waals surface area (Å²) in [5.74, 6) is 0.504. The third-order valence-electron chi connectivity index (χ3n) is 5.73. The molecule has 0 radical (unpaired) electrons. The number of fused-ring (bicyclic) bond motifs is 1. The van der Waals surface area contributed by atoms with Gasteiger partial charge in [-0.1, -0.05) is 41.5 Å². The topological polar surface area (TPSA) is 66.7 Å². The highest BCUT2D eigenvalue weighted by Crippen LogP contribution is 2.33. The van der Waals surface area contributed by atoms with Gasteiger partial charge in [-0.05, 0) is 24.5 Å². The van der Waals surface area contributed by atoms with E-state index in [4.69, 9.17) is 0 Å². The predicted octanol–water partition coefficient (Wildman–Crippen LogP) is 3.37. The van der Waals surface area contributed by atoms with Crippen molar-refractivity contribution in [2.45, 2.75) is 54.0 Å². The van der Waals surface area contributed by atoms with Gasteiger partial charge in [0.05, 0.1) is 29.6 Å². The number of hydrogen-bond donors (Lipinski definition) is 1. The Morgan fingerprint density at radius 1 is 1.32 bits per heavy atom. The standard InChI is InChI=1S/C22H32N4O2/c1-15(2)9-21(3,4)20(28)24-18-12-25(13-22(18,5)6)19(27)16-7-8-17-10-23-14-26(17)11-16/h7-8,10-11,14-15,18H,9,12-13H2,1-6H3,(H,24,28). The van der Waals surface area contributed by atoms with Gasteiger partial charge in [0.25, 0.3) is 5.91 Å². The molecular formula is C22H32N4O2. The number of amides is 2. The fourth-order valence-corrected chi connectivity index (χ4v) is 4.23. The van der Waals surface area contributed by atoms with Gasteiger partial charge in [-0.3, -0.25) is 9.59 Å². The monoisotopic (exact) mass is 384 g/mol. The van der Waals surface area contributed by atoms with E-state index in [0.29, 0.717) is 24.6 Å². The second-order valence-corrected chi connectivity index (χ2v) is 9.83.